The Labute approximate surface area is 192 Å². The van der Waals surface area contributed by atoms with Gasteiger partial charge in [0, 0.05) is 24.9 Å². The maximum absolute atomic E-state index is 12.8. The zero-order chi connectivity index (χ0) is 23.4. The fourth-order valence-corrected chi connectivity index (χ4v) is 5.31. The van der Waals surface area contributed by atoms with Gasteiger partial charge in [-0.05, 0) is 49.9 Å². The molecule has 1 N–H and O–H groups in total. The molecule has 1 atom stereocenters. The van der Waals surface area contributed by atoms with Crippen molar-refractivity contribution in [1.82, 2.24) is 5.32 Å². The minimum absolute atomic E-state index is 0.0782. The summed E-state index contributed by atoms with van der Waals surface area (Å²) in [5.74, 6) is 0.751. The summed E-state index contributed by atoms with van der Waals surface area (Å²) < 4.78 is 32.3. The molecule has 1 heterocycles. The van der Waals surface area contributed by atoms with E-state index < -0.39 is 10.0 Å². The summed E-state index contributed by atoms with van der Waals surface area (Å²) >= 11 is 0. The molecule has 0 spiro atoms. The van der Waals surface area contributed by atoms with E-state index >= 15 is 0 Å². The molecule has 0 aromatic heterocycles. The Kier molecular flexibility index (Phi) is 7.49. The van der Waals surface area contributed by atoms with Crippen LogP contribution in [-0.2, 0) is 14.8 Å². The van der Waals surface area contributed by atoms with Crippen molar-refractivity contribution in [2.75, 3.05) is 17.1 Å². The number of carbonyl (C=O) groups is 1. The lowest BCUT2D eigenvalue weighted by Gasteiger charge is -2.41. The summed E-state index contributed by atoms with van der Waals surface area (Å²) in [6.07, 6.45) is 4.34. The van der Waals surface area contributed by atoms with Crippen molar-refractivity contribution in [3.63, 3.8) is 0 Å². The molecule has 174 valence electrons. The van der Waals surface area contributed by atoms with Gasteiger partial charge in [0.15, 0.2) is 0 Å². The highest BCUT2D eigenvalue weighted by Gasteiger charge is 2.38. The van der Waals surface area contributed by atoms with Crippen LogP contribution in [0, 0.1) is 6.92 Å². The fraction of sp³-hybridized carbons (Fsp3) is 0.480. The SMILES string of the molecule is CCC1(CC)C[C@H](NC(=O)CCCN(c2cccc(C)c2)S(C)(=O)=O)c2ccccc2O1. The molecule has 0 saturated carbocycles. The summed E-state index contributed by atoms with van der Waals surface area (Å²) in [6, 6.07) is 15.1. The van der Waals surface area contributed by atoms with Gasteiger partial charge in [0.2, 0.25) is 15.9 Å². The number of hydrogen-bond acceptors (Lipinski definition) is 4. The molecule has 2 aromatic rings. The van der Waals surface area contributed by atoms with E-state index in [9.17, 15) is 13.2 Å². The second-order valence-corrected chi connectivity index (χ2v) is 10.5. The predicted molar refractivity (Wildman–Crippen MR) is 128 cm³/mol. The normalized spacial score (nSPS) is 17.2. The van der Waals surface area contributed by atoms with Crippen LogP contribution >= 0.6 is 0 Å². The number of carbonyl (C=O) groups excluding carboxylic acids is 1. The lowest BCUT2D eigenvalue weighted by atomic mass is 9.83. The average molecular weight is 459 g/mol. The highest BCUT2D eigenvalue weighted by Crippen LogP contribution is 2.42. The van der Waals surface area contributed by atoms with Gasteiger partial charge in [-0.1, -0.05) is 44.2 Å². The van der Waals surface area contributed by atoms with Gasteiger partial charge in [0.1, 0.15) is 11.4 Å². The number of fused-ring (bicyclic) bond motifs is 1. The number of amides is 1. The number of nitrogens with one attached hydrogen (secondary N) is 1. The smallest absolute Gasteiger partial charge is 0.232 e. The number of nitrogens with zero attached hydrogens (tertiary/aromatic N) is 1. The van der Waals surface area contributed by atoms with Crippen molar-refractivity contribution < 1.29 is 17.9 Å². The van der Waals surface area contributed by atoms with Crippen LogP contribution in [0.15, 0.2) is 48.5 Å². The van der Waals surface area contributed by atoms with Gasteiger partial charge < -0.3 is 10.1 Å². The Morgan fingerprint density at radius 2 is 1.88 bits per heavy atom. The van der Waals surface area contributed by atoms with E-state index in [1.54, 1.807) is 6.07 Å². The van der Waals surface area contributed by atoms with Gasteiger partial charge in [0.25, 0.3) is 0 Å². The molecule has 6 nitrogen and oxygen atoms in total. The number of rotatable bonds is 9. The standard InChI is InChI=1S/C25H34N2O4S/c1-5-25(6-2)18-22(21-13-7-8-14-23(21)31-25)26-24(28)15-10-16-27(32(4,29)30)20-12-9-11-19(3)17-20/h7-9,11-14,17,22H,5-6,10,15-16,18H2,1-4H3,(H,26,28)/t22-/m0/s1. The summed E-state index contributed by atoms with van der Waals surface area (Å²) in [6.45, 7) is 6.41. The van der Waals surface area contributed by atoms with Gasteiger partial charge >= 0.3 is 0 Å². The molecular formula is C25H34N2O4S. The van der Waals surface area contributed by atoms with E-state index in [4.69, 9.17) is 4.74 Å². The number of anilines is 1. The molecular weight excluding hydrogens is 424 g/mol. The Balaban J connectivity index is 1.66. The van der Waals surface area contributed by atoms with E-state index in [1.807, 2.05) is 49.4 Å². The summed E-state index contributed by atoms with van der Waals surface area (Å²) in [4.78, 5) is 12.8. The van der Waals surface area contributed by atoms with Crippen LogP contribution in [-0.4, -0.2) is 32.7 Å². The largest absolute Gasteiger partial charge is 0.487 e. The number of para-hydroxylation sites is 1. The second-order valence-electron chi connectivity index (χ2n) is 8.63. The molecule has 1 aliphatic heterocycles. The van der Waals surface area contributed by atoms with Crippen LogP contribution < -0.4 is 14.4 Å². The number of sulfonamides is 1. The topological polar surface area (TPSA) is 75.7 Å². The quantitative estimate of drug-likeness (QED) is 0.589. The third-order valence-corrected chi connectivity index (χ3v) is 7.47. The first-order valence-electron chi connectivity index (χ1n) is 11.3. The van der Waals surface area contributed by atoms with Crippen LogP contribution in [0.2, 0.25) is 0 Å². The minimum atomic E-state index is -3.44. The maximum Gasteiger partial charge on any atom is 0.232 e. The molecule has 1 aliphatic rings. The molecule has 2 aromatic carbocycles. The van der Waals surface area contributed by atoms with E-state index in [1.165, 1.54) is 10.6 Å². The lowest BCUT2D eigenvalue weighted by Crippen LogP contribution is -2.44. The Morgan fingerprint density at radius 1 is 1.16 bits per heavy atom. The molecule has 32 heavy (non-hydrogen) atoms. The summed E-state index contributed by atoms with van der Waals surface area (Å²) in [5, 5.41) is 3.17. The first-order chi connectivity index (χ1) is 15.2. The number of benzene rings is 2. The van der Waals surface area contributed by atoms with E-state index in [-0.39, 0.29) is 30.5 Å². The van der Waals surface area contributed by atoms with Gasteiger partial charge in [-0.25, -0.2) is 8.42 Å². The first-order valence-corrected chi connectivity index (χ1v) is 13.1. The summed E-state index contributed by atoms with van der Waals surface area (Å²) in [7, 11) is -3.44. The fourth-order valence-electron chi connectivity index (χ4n) is 4.35. The third-order valence-electron chi connectivity index (χ3n) is 6.28. The molecule has 0 bridgehead atoms. The first kappa shape index (κ1) is 24.1. The second kappa shape index (κ2) is 9.94. The van der Waals surface area contributed by atoms with Gasteiger partial charge in [-0.15, -0.1) is 0 Å². The van der Waals surface area contributed by atoms with Crippen LogP contribution in [0.1, 0.15) is 63.1 Å². The minimum Gasteiger partial charge on any atom is -0.487 e. The van der Waals surface area contributed by atoms with Gasteiger partial charge in [-0.3, -0.25) is 9.10 Å². The predicted octanol–water partition coefficient (Wildman–Crippen LogP) is 4.74. The molecule has 0 unspecified atom stereocenters. The zero-order valence-corrected chi connectivity index (χ0v) is 20.2. The van der Waals surface area contributed by atoms with Crippen molar-refractivity contribution in [3.05, 3.63) is 59.7 Å². The molecule has 7 heteroatoms. The molecule has 0 fully saturated rings. The molecule has 0 radical (unpaired) electrons. The molecule has 0 aliphatic carbocycles. The Hall–Kier alpha value is -2.54. The number of aryl methyl sites for hydroxylation is 1. The van der Waals surface area contributed by atoms with Crippen molar-refractivity contribution in [2.45, 2.75) is 64.5 Å². The zero-order valence-electron chi connectivity index (χ0n) is 19.4. The van der Waals surface area contributed by atoms with E-state index in [0.29, 0.717) is 12.1 Å². The highest BCUT2D eigenvalue weighted by molar-refractivity contribution is 7.92. The Morgan fingerprint density at radius 3 is 2.53 bits per heavy atom. The van der Waals surface area contributed by atoms with Gasteiger partial charge in [0.05, 0.1) is 18.0 Å². The van der Waals surface area contributed by atoms with Crippen LogP contribution in [0.4, 0.5) is 5.69 Å². The van der Waals surface area contributed by atoms with E-state index in [0.717, 1.165) is 36.1 Å². The van der Waals surface area contributed by atoms with Crippen LogP contribution in [0.5, 0.6) is 5.75 Å². The lowest BCUT2D eigenvalue weighted by molar-refractivity contribution is -0.122. The van der Waals surface area contributed by atoms with Gasteiger partial charge in [-0.2, -0.15) is 0 Å². The van der Waals surface area contributed by atoms with Crippen molar-refractivity contribution in [3.8, 4) is 5.75 Å². The van der Waals surface area contributed by atoms with Crippen molar-refractivity contribution in [2.24, 2.45) is 0 Å². The van der Waals surface area contributed by atoms with Crippen LogP contribution in [0.3, 0.4) is 0 Å². The number of ether oxygens (including phenoxy) is 1. The maximum atomic E-state index is 12.8. The monoisotopic (exact) mass is 458 g/mol. The molecule has 3 rings (SSSR count). The molecule has 0 saturated heterocycles. The van der Waals surface area contributed by atoms with E-state index in [2.05, 4.69) is 19.2 Å². The summed E-state index contributed by atoms with van der Waals surface area (Å²) in [5.41, 5.74) is 2.32. The third kappa shape index (κ3) is 5.63. The van der Waals surface area contributed by atoms with Crippen molar-refractivity contribution in [1.29, 1.82) is 0 Å². The van der Waals surface area contributed by atoms with Crippen LogP contribution in [0.25, 0.3) is 0 Å². The number of hydrogen-bond donors (Lipinski definition) is 1. The van der Waals surface area contributed by atoms with Crippen molar-refractivity contribution >= 4 is 21.6 Å². The Bertz CT molecular complexity index is 1050. The molecule has 1 amide bonds. The highest BCUT2D eigenvalue weighted by atomic mass is 32.2. The average Bonchev–Trinajstić information content (AvgIpc) is 2.75.